The first kappa shape index (κ1) is 25.7. The van der Waals surface area contributed by atoms with E-state index in [-0.39, 0.29) is 11.9 Å². The maximum absolute atomic E-state index is 13.2. The molecule has 1 saturated heterocycles. The van der Waals surface area contributed by atoms with Crippen molar-refractivity contribution in [1.82, 2.24) is 10.2 Å². The van der Waals surface area contributed by atoms with Crippen LogP contribution in [-0.4, -0.2) is 36.5 Å². The zero-order valence-electron chi connectivity index (χ0n) is 21.8. The van der Waals surface area contributed by atoms with Gasteiger partial charge in [0.05, 0.1) is 0 Å². The van der Waals surface area contributed by atoms with Crippen molar-refractivity contribution in [2.45, 2.75) is 37.8 Å². The molecule has 0 aromatic heterocycles. The largest absolute Gasteiger partial charge is 0.489 e. The Labute approximate surface area is 226 Å². The molecule has 38 heavy (non-hydrogen) atoms. The van der Waals surface area contributed by atoms with Gasteiger partial charge in [-0.05, 0) is 55.1 Å². The Kier molecular flexibility index (Phi) is 8.85. The number of carbonyl (C=O) groups excluding carboxylic acids is 1. The molecule has 1 aliphatic heterocycles. The van der Waals surface area contributed by atoms with Gasteiger partial charge in [0.2, 0.25) is 0 Å². The molecule has 4 heteroatoms. The molecular weight excluding hydrogens is 468 g/mol. The van der Waals surface area contributed by atoms with Gasteiger partial charge in [0.15, 0.2) is 0 Å². The number of para-hydroxylation sites is 1. The van der Waals surface area contributed by atoms with Crippen LogP contribution in [0.3, 0.4) is 0 Å². The van der Waals surface area contributed by atoms with Gasteiger partial charge in [-0.15, -0.1) is 0 Å². The molecule has 0 radical (unpaired) electrons. The van der Waals surface area contributed by atoms with Gasteiger partial charge in [-0.1, -0.05) is 97.1 Å². The molecule has 0 unspecified atom stereocenters. The maximum atomic E-state index is 13.2. The molecule has 1 amide bonds. The van der Waals surface area contributed by atoms with Gasteiger partial charge in [0, 0.05) is 36.2 Å². The van der Waals surface area contributed by atoms with Crippen LogP contribution < -0.4 is 10.1 Å². The minimum Gasteiger partial charge on any atom is -0.489 e. The molecule has 0 bridgehead atoms. The van der Waals surface area contributed by atoms with Gasteiger partial charge in [-0.2, -0.15) is 0 Å². The lowest BCUT2D eigenvalue weighted by Crippen LogP contribution is -2.45. The number of benzene rings is 4. The molecule has 4 aromatic carbocycles. The number of rotatable bonds is 10. The molecule has 0 spiro atoms. The van der Waals surface area contributed by atoms with Gasteiger partial charge < -0.3 is 15.0 Å². The predicted molar refractivity (Wildman–Crippen MR) is 153 cm³/mol. The van der Waals surface area contributed by atoms with Crippen LogP contribution in [-0.2, 0) is 6.61 Å². The van der Waals surface area contributed by atoms with Gasteiger partial charge in [-0.3, -0.25) is 4.79 Å². The van der Waals surface area contributed by atoms with Crippen LogP contribution >= 0.6 is 0 Å². The minimum atomic E-state index is -0.0102. The van der Waals surface area contributed by atoms with Crippen LogP contribution in [0.2, 0.25) is 0 Å². The molecule has 1 aliphatic rings. The Morgan fingerprint density at radius 2 is 1.32 bits per heavy atom. The highest BCUT2D eigenvalue weighted by atomic mass is 16.5. The summed E-state index contributed by atoms with van der Waals surface area (Å²) in [4.78, 5) is 15.7. The molecular formula is C34H36N2O2. The second-order valence-corrected chi connectivity index (χ2v) is 10.0. The highest BCUT2D eigenvalue weighted by Crippen LogP contribution is 2.28. The molecule has 0 saturated carbocycles. The monoisotopic (exact) mass is 504 g/mol. The molecule has 194 valence electrons. The Bertz CT molecular complexity index is 1230. The number of amides is 1. The Morgan fingerprint density at radius 3 is 1.95 bits per heavy atom. The van der Waals surface area contributed by atoms with Crippen molar-refractivity contribution in [3.05, 3.63) is 138 Å². The smallest absolute Gasteiger partial charge is 0.251 e. The Hall–Kier alpha value is -3.89. The van der Waals surface area contributed by atoms with Crippen LogP contribution in [0.4, 0.5) is 0 Å². The third-order valence-corrected chi connectivity index (χ3v) is 7.46. The summed E-state index contributed by atoms with van der Waals surface area (Å²) in [5.41, 5.74) is 4.34. The number of nitrogens with one attached hydrogen (secondary N) is 1. The number of carbonyl (C=O) groups is 1. The van der Waals surface area contributed by atoms with E-state index < -0.39 is 0 Å². The molecule has 1 N–H and O–H groups in total. The van der Waals surface area contributed by atoms with Crippen molar-refractivity contribution >= 4 is 5.91 Å². The van der Waals surface area contributed by atoms with E-state index >= 15 is 0 Å². The lowest BCUT2D eigenvalue weighted by molar-refractivity contribution is 0.0908. The zero-order valence-corrected chi connectivity index (χ0v) is 21.8. The first-order valence-corrected chi connectivity index (χ1v) is 13.6. The van der Waals surface area contributed by atoms with Gasteiger partial charge in [0.25, 0.3) is 5.91 Å². The van der Waals surface area contributed by atoms with E-state index in [0.717, 1.165) is 50.2 Å². The molecule has 4 nitrogen and oxygen atoms in total. The highest BCUT2D eigenvalue weighted by molar-refractivity contribution is 5.95. The van der Waals surface area contributed by atoms with Crippen LogP contribution in [0.5, 0.6) is 5.75 Å². The highest BCUT2D eigenvalue weighted by Gasteiger charge is 2.23. The normalized spacial score (nSPS) is 14.3. The third kappa shape index (κ3) is 6.90. The summed E-state index contributed by atoms with van der Waals surface area (Å²) >= 11 is 0. The molecule has 1 heterocycles. The summed E-state index contributed by atoms with van der Waals surface area (Å²) in [6.07, 6.45) is 3.02. The van der Waals surface area contributed by atoms with Gasteiger partial charge in [0.1, 0.15) is 12.4 Å². The molecule has 0 atom stereocenters. The van der Waals surface area contributed by atoms with Gasteiger partial charge >= 0.3 is 0 Å². The van der Waals surface area contributed by atoms with E-state index in [4.69, 9.17) is 4.74 Å². The van der Waals surface area contributed by atoms with E-state index in [9.17, 15) is 4.79 Å². The average Bonchev–Trinajstić information content (AvgIpc) is 2.99. The van der Waals surface area contributed by atoms with Gasteiger partial charge in [-0.25, -0.2) is 0 Å². The summed E-state index contributed by atoms with van der Waals surface area (Å²) in [5, 5.41) is 3.29. The second kappa shape index (κ2) is 13.1. The van der Waals surface area contributed by atoms with E-state index in [1.807, 2.05) is 54.6 Å². The van der Waals surface area contributed by atoms with Crippen molar-refractivity contribution in [1.29, 1.82) is 0 Å². The van der Waals surface area contributed by atoms with Crippen molar-refractivity contribution in [2.24, 2.45) is 0 Å². The third-order valence-electron chi connectivity index (χ3n) is 7.46. The topological polar surface area (TPSA) is 41.6 Å². The summed E-state index contributed by atoms with van der Waals surface area (Å²) in [6.45, 7) is 3.42. The van der Waals surface area contributed by atoms with E-state index in [0.29, 0.717) is 18.1 Å². The minimum absolute atomic E-state index is 0.0102. The lowest BCUT2D eigenvalue weighted by Gasteiger charge is -2.33. The summed E-state index contributed by atoms with van der Waals surface area (Å²) in [6, 6.07) is 39.3. The van der Waals surface area contributed by atoms with E-state index in [1.54, 1.807) is 0 Å². The number of ether oxygens (including phenoxy) is 1. The number of likely N-dealkylation sites (tertiary alicyclic amines) is 1. The fourth-order valence-corrected chi connectivity index (χ4v) is 5.32. The Morgan fingerprint density at radius 1 is 0.763 bits per heavy atom. The first-order valence-electron chi connectivity index (χ1n) is 13.6. The zero-order chi connectivity index (χ0) is 26.0. The van der Waals surface area contributed by atoms with Crippen molar-refractivity contribution in [3.8, 4) is 5.75 Å². The number of nitrogens with zero attached hydrogens (tertiary/aromatic N) is 1. The van der Waals surface area contributed by atoms with E-state index in [1.165, 1.54) is 11.1 Å². The van der Waals surface area contributed by atoms with Crippen molar-refractivity contribution in [2.75, 3.05) is 19.6 Å². The Balaban J connectivity index is 1.13. The number of hydrogen-bond donors (Lipinski definition) is 1. The molecule has 0 aliphatic carbocycles. The fraction of sp³-hybridized carbons (Fsp3) is 0.265. The van der Waals surface area contributed by atoms with E-state index in [2.05, 4.69) is 70.9 Å². The van der Waals surface area contributed by atoms with Crippen molar-refractivity contribution in [3.63, 3.8) is 0 Å². The van der Waals surface area contributed by atoms with Crippen molar-refractivity contribution < 1.29 is 9.53 Å². The summed E-state index contributed by atoms with van der Waals surface area (Å²) in [5.74, 6) is 1.19. The summed E-state index contributed by atoms with van der Waals surface area (Å²) < 4.78 is 5.91. The average molecular weight is 505 g/mol. The number of piperidine rings is 1. The van der Waals surface area contributed by atoms with Crippen LogP contribution in [0, 0.1) is 0 Å². The maximum Gasteiger partial charge on any atom is 0.251 e. The lowest BCUT2D eigenvalue weighted by atomic mass is 9.88. The quantitative estimate of drug-likeness (QED) is 0.262. The standard InChI is InChI=1S/C34H36N2O2/c37-34(33-19-11-10-16-29(33)26-38-31-17-8-3-9-18-31)35-30-20-23-36(24-21-30)25-22-32(27-12-4-1-5-13-27)28-14-6-2-7-15-28/h1-19,30,32H,20-26H2,(H,35,37). The molecule has 4 aromatic rings. The molecule has 5 rings (SSSR count). The van der Waals surface area contributed by atoms with Crippen LogP contribution in [0.15, 0.2) is 115 Å². The SMILES string of the molecule is O=C(NC1CCN(CCC(c2ccccc2)c2ccccc2)CC1)c1ccccc1COc1ccccc1. The number of hydrogen-bond acceptors (Lipinski definition) is 3. The first-order chi connectivity index (χ1) is 18.8. The van der Waals surface area contributed by atoms with Crippen LogP contribution in [0.1, 0.15) is 52.2 Å². The summed E-state index contributed by atoms with van der Waals surface area (Å²) in [7, 11) is 0. The second-order valence-electron chi connectivity index (χ2n) is 10.0. The fourth-order valence-electron chi connectivity index (χ4n) is 5.32. The van der Waals surface area contributed by atoms with Crippen LogP contribution in [0.25, 0.3) is 0 Å². The predicted octanol–water partition coefficient (Wildman–Crippen LogP) is 6.68. The molecule has 1 fully saturated rings.